The SMILES string of the molecule is CCCCN(Cn1ccnc1)C(Cc1cccnc1)(c1ccccc1)c1ccccc1. The van der Waals surface area contributed by atoms with Crippen molar-refractivity contribution in [2.24, 2.45) is 0 Å². The highest BCUT2D eigenvalue weighted by Gasteiger charge is 2.40. The standard InChI is InChI=1S/C27H30N4/c1-2-3-18-31(23-30-19-17-29-22-30)27(25-12-6-4-7-13-25,26-14-8-5-9-15-26)20-24-11-10-16-28-21-24/h4-17,19,21-22H,2-3,18,20,23H2,1H3. The maximum absolute atomic E-state index is 4.42. The van der Waals surface area contributed by atoms with Crippen LogP contribution in [0.2, 0.25) is 0 Å². The number of hydrogen-bond donors (Lipinski definition) is 0. The molecule has 0 radical (unpaired) electrons. The van der Waals surface area contributed by atoms with E-state index in [0.29, 0.717) is 0 Å². The molecule has 2 heterocycles. The summed E-state index contributed by atoms with van der Waals surface area (Å²) in [4.78, 5) is 11.3. The van der Waals surface area contributed by atoms with E-state index < -0.39 is 0 Å². The third-order valence-electron chi connectivity index (χ3n) is 5.90. The molecule has 0 bridgehead atoms. The van der Waals surface area contributed by atoms with Gasteiger partial charge in [0, 0.05) is 37.8 Å². The molecule has 0 aliphatic heterocycles. The van der Waals surface area contributed by atoms with E-state index in [1.54, 1.807) is 0 Å². The summed E-state index contributed by atoms with van der Waals surface area (Å²) in [5.41, 5.74) is 3.48. The molecule has 0 N–H and O–H groups in total. The molecule has 0 amide bonds. The third-order valence-corrected chi connectivity index (χ3v) is 5.90. The smallest absolute Gasteiger partial charge is 0.0956 e. The Kier molecular flexibility index (Phi) is 6.90. The van der Waals surface area contributed by atoms with E-state index in [9.17, 15) is 0 Å². The highest BCUT2D eigenvalue weighted by Crippen LogP contribution is 2.40. The summed E-state index contributed by atoms with van der Waals surface area (Å²) in [6.07, 6.45) is 12.8. The molecule has 158 valence electrons. The first-order valence-electron chi connectivity index (χ1n) is 11.0. The van der Waals surface area contributed by atoms with Gasteiger partial charge in [-0.1, -0.05) is 80.1 Å². The van der Waals surface area contributed by atoms with E-state index in [4.69, 9.17) is 0 Å². The highest BCUT2D eigenvalue weighted by atomic mass is 15.3. The van der Waals surface area contributed by atoms with Gasteiger partial charge in [-0.25, -0.2) is 4.98 Å². The fourth-order valence-electron chi connectivity index (χ4n) is 4.37. The number of unbranched alkanes of at least 4 members (excludes halogenated alkanes) is 1. The van der Waals surface area contributed by atoms with Crippen molar-refractivity contribution in [3.63, 3.8) is 0 Å². The lowest BCUT2D eigenvalue weighted by Gasteiger charge is -2.45. The average Bonchev–Trinajstić information content (AvgIpc) is 3.35. The largest absolute Gasteiger partial charge is 0.324 e. The van der Waals surface area contributed by atoms with Gasteiger partial charge in [0.05, 0.1) is 18.5 Å². The molecule has 4 rings (SSSR count). The molecule has 0 aliphatic carbocycles. The number of rotatable bonds is 10. The van der Waals surface area contributed by atoms with Gasteiger partial charge in [0.2, 0.25) is 0 Å². The van der Waals surface area contributed by atoms with Crippen LogP contribution >= 0.6 is 0 Å². The second kappa shape index (κ2) is 10.2. The number of nitrogens with zero attached hydrogens (tertiary/aromatic N) is 4. The number of pyridine rings is 1. The summed E-state index contributed by atoms with van der Waals surface area (Å²) < 4.78 is 2.17. The Morgan fingerprint density at radius 2 is 1.55 bits per heavy atom. The second-order valence-corrected chi connectivity index (χ2v) is 7.97. The van der Waals surface area contributed by atoms with Crippen LogP contribution < -0.4 is 0 Å². The summed E-state index contributed by atoms with van der Waals surface area (Å²) in [6, 6.07) is 26.0. The van der Waals surface area contributed by atoms with Gasteiger partial charge >= 0.3 is 0 Å². The zero-order valence-electron chi connectivity index (χ0n) is 18.1. The number of aromatic nitrogens is 3. The molecule has 0 saturated heterocycles. The molecule has 0 spiro atoms. The lowest BCUT2D eigenvalue weighted by Crippen LogP contribution is -2.49. The van der Waals surface area contributed by atoms with Crippen LogP contribution in [0.15, 0.2) is 104 Å². The fourth-order valence-corrected chi connectivity index (χ4v) is 4.37. The van der Waals surface area contributed by atoms with Crippen molar-refractivity contribution in [2.75, 3.05) is 6.54 Å². The first-order chi connectivity index (χ1) is 15.3. The van der Waals surface area contributed by atoms with Crippen molar-refractivity contribution in [3.05, 3.63) is 121 Å². The van der Waals surface area contributed by atoms with Gasteiger partial charge in [-0.05, 0) is 29.2 Å². The lowest BCUT2D eigenvalue weighted by molar-refractivity contribution is 0.0813. The van der Waals surface area contributed by atoms with Gasteiger partial charge in [-0.3, -0.25) is 9.88 Å². The Morgan fingerprint density at radius 3 is 2.10 bits per heavy atom. The zero-order valence-corrected chi connectivity index (χ0v) is 18.1. The number of benzene rings is 2. The van der Waals surface area contributed by atoms with Gasteiger partial charge in [-0.15, -0.1) is 0 Å². The summed E-state index contributed by atoms with van der Waals surface area (Å²) in [5, 5.41) is 0. The Labute approximate surface area is 185 Å². The van der Waals surface area contributed by atoms with E-state index in [1.165, 1.54) is 16.7 Å². The van der Waals surface area contributed by atoms with Crippen LogP contribution in [0.3, 0.4) is 0 Å². The van der Waals surface area contributed by atoms with Crippen LogP contribution in [0.4, 0.5) is 0 Å². The van der Waals surface area contributed by atoms with E-state index in [0.717, 1.165) is 32.5 Å². The normalized spacial score (nSPS) is 11.7. The molecule has 31 heavy (non-hydrogen) atoms. The maximum Gasteiger partial charge on any atom is 0.0956 e. The Morgan fingerprint density at radius 1 is 0.839 bits per heavy atom. The summed E-state index contributed by atoms with van der Waals surface area (Å²) in [5.74, 6) is 0. The van der Waals surface area contributed by atoms with Crippen molar-refractivity contribution < 1.29 is 0 Å². The van der Waals surface area contributed by atoms with Gasteiger partial charge in [-0.2, -0.15) is 0 Å². The molecular weight excluding hydrogens is 380 g/mol. The first-order valence-corrected chi connectivity index (χ1v) is 11.0. The van der Waals surface area contributed by atoms with Gasteiger partial charge in [0.1, 0.15) is 0 Å². The van der Waals surface area contributed by atoms with E-state index >= 15 is 0 Å². The molecule has 0 aliphatic rings. The van der Waals surface area contributed by atoms with Crippen LogP contribution in [0.1, 0.15) is 36.5 Å². The molecule has 2 aromatic carbocycles. The molecule has 0 fully saturated rings. The van der Waals surface area contributed by atoms with Crippen molar-refractivity contribution in [2.45, 2.75) is 38.4 Å². The van der Waals surface area contributed by atoms with Gasteiger partial charge in [0.25, 0.3) is 0 Å². The number of hydrogen-bond acceptors (Lipinski definition) is 3. The Balaban J connectivity index is 1.91. The second-order valence-electron chi connectivity index (χ2n) is 7.97. The molecule has 0 atom stereocenters. The zero-order chi connectivity index (χ0) is 21.4. The monoisotopic (exact) mass is 410 g/mol. The van der Waals surface area contributed by atoms with Crippen LogP contribution in [-0.4, -0.2) is 26.0 Å². The average molecular weight is 411 g/mol. The minimum Gasteiger partial charge on any atom is -0.324 e. The van der Waals surface area contributed by atoms with Gasteiger partial charge < -0.3 is 4.57 Å². The van der Waals surface area contributed by atoms with Gasteiger partial charge in [0.15, 0.2) is 0 Å². The van der Waals surface area contributed by atoms with Crippen molar-refractivity contribution >= 4 is 0 Å². The summed E-state index contributed by atoms with van der Waals surface area (Å²) in [7, 11) is 0. The van der Waals surface area contributed by atoms with Crippen LogP contribution in [0.25, 0.3) is 0 Å². The molecule has 4 aromatic rings. The fraction of sp³-hybridized carbons (Fsp3) is 0.259. The van der Waals surface area contributed by atoms with E-state index in [2.05, 4.69) is 93.1 Å². The minimum absolute atomic E-state index is 0.328. The quantitative estimate of drug-likeness (QED) is 0.345. The van der Waals surface area contributed by atoms with Crippen LogP contribution in [0.5, 0.6) is 0 Å². The molecular formula is C27H30N4. The topological polar surface area (TPSA) is 34.0 Å². The third kappa shape index (κ3) is 4.75. The van der Waals surface area contributed by atoms with Crippen molar-refractivity contribution in [1.29, 1.82) is 0 Å². The highest BCUT2D eigenvalue weighted by molar-refractivity contribution is 5.41. The lowest BCUT2D eigenvalue weighted by atomic mass is 9.76. The number of imidazole rings is 1. The summed E-state index contributed by atoms with van der Waals surface area (Å²) in [6.45, 7) is 4.01. The van der Waals surface area contributed by atoms with Crippen molar-refractivity contribution in [1.82, 2.24) is 19.4 Å². The predicted octanol–water partition coefficient (Wildman–Crippen LogP) is 5.52. The molecule has 0 unspecified atom stereocenters. The molecule has 4 nitrogen and oxygen atoms in total. The van der Waals surface area contributed by atoms with Crippen LogP contribution in [0, 0.1) is 0 Å². The molecule has 0 saturated carbocycles. The first kappa shape index (κ1) is 21.0. The van der Waals surface area contributed by atoms with E-state index in [-0.39, 0.29) is 5.54 Å². The Bertz CT molecular complexity index is 975. The Hall–Kier alpha value is -3.24. The molecule has 4 heteroatoms. The molecule has 2 aromatic heterocycles. The van der Waals surface area contributed by atoms with Crippen molar-refractivity contribution in [3.8, 4) is 0 Å². The van der Waals surface area contributed by atoms with Crippen LogP contribution in [-0.2, 0) is 18.6 Å². The summed E-state index contributed by atoms with van der Waals surface area (Å²) >= 11 is 0. The maximum atomic E-state index is 4.42. The van der Waals surface area contributed by atoms with E-state index in [1.807, 2.05) is 37.2 Å². The minimum atomic E-state index is -0.328. The predicted molar refractivity (Wildman–Crippen MR) is 125 cm³/mol.